The Bertz CT molecular complexity index is 945. The lowest BCUT2D eigenvalue weighted by Crippen LogP contribution is -2.10. The quantitative estimate of drug-likeness (QED) is 0.688. The number of carbonyl (C=O) groups is 1. The van der Waals surface area contributed by atoms with Crippen molar-refractivity contribution in [2.45, 2.75) is 0 Å². The molecule has 0 aliphatic heterocycles. The molecule has 3 aromatic rings. The van der Waals surface area contributed by atoms with Gasteiger partial charge in [0, 0.05) is 6.07 Å². The number of methoxy groups -OCH3 is 1. The number of nitrogens with zero attached hydrogens (tertiary/aromatic N) is 1. The van der Waals surface area contributed by atoms with E-state index < -0.39 is 11.4 Å². The lowest BCUT2D eigenvalue weighted by Gasteiger charge is -2.05. The van der Waals surface area contributed by atoms with Crippen molar-refractivity contribution in [1.82, 2.24) is 4.98 Å². The van der Waals surface area contributed by atoms with Gasteiger partial charge in [-0.3, -0.25) is 4.79 Å². The topological polar surface area (TPSA) is 116 Å². The fraction of sp³-hybridized carbons (Fsp3) is 0.0714. The molecule has 0 bridgehead atoms. The molecule has 7 nitrogen and oxygen atoms in total. The number of carboxylic acid groups (broad SMARTS) is 1. The Labute approximate surface area is 117 Å². The maximum atomic E-state index is 12.4. The van der Waals surface area contributed by atoms with Crippen molar-refractivity contribution >= 4 is 33.9 Å². The molecule has 0 saturated heterocycles. The van der Waals surface area contributed by atoms with Gasteiger partial charge in [-0.2, -0.15) is 0 Å². The fourth-order valence-electron chi connectivity index (χ4n) is 2.07. The predicted molar refractivity (Wildman–Crippen MR) is 75.7 cm³/mol. The van der Waals surface area contributed by atoms with Crippen molar-refractivity contribution in [3.8, 4) is 5.75 Å². The van der Waals surface area contributed by atoms with E-state index in [0.717, 1.165) is 0 Å². The molecule has 2 heterocycles. The molecule has 0 saturated carbocycles. The van der Waals surface area contributed by atoms with Crippen LogP contribution in [0.2, 0.25) is 0 Å². The van der Waals surface area contributed by atoms with Gasteiger partial charge in [0.25, 0.3) is 0 Å². The van der Waals surface area contributed by atoms with E-state index in [1.165, 1.54) is 19.2 Å². The van der Waals surface area contributed by atoms with Crippen molar-refractivity contribution in [3.05, 3.63) is 40.1 Å². The van der Waals surface area contributed by atoms with E-state index in [-0.39, 0.29) is 27.9 Å². The number of pyridine rings is 1. The fourth-order valence-corrected chi connectivity index (χ4v) is 2.07. The molecule has 0 unspecified atom stereocenters. The van der Waals surface area contributed by atoms with E-state index in [1.54, 1.807) is 12.1 Å². The molecule has 3 N–H and O–H groups in total. The Morgan fingerprint density at radius 1 is 1.33 bits per heavy atom. The first-order valence-corrected chi connectivity index (χ1v) is 5.95. The van der Waals surface area contributed by atoms with Gasteiger partial charge < -0.3 is 20.0 Å². The van der Waals surface area contributed by atoms with Gasteiger partial charge in [-0.05, 0) is 18.2 Å². The maximum Gasteiger partial charge on any atom is 0.339 e. The summed E-state index contributed by atoms with van der Waals surface area (Å²) in [5.74, 6) is -0.965. The van der Waals surface area contributed by atoms with Crippen LogP contribution in [0.3, 0.4) is 0 Å². The number of nitrogens with two attached hydrogens (primary N) is 1. The first-order chi connectivity index (χ1) is 10.0. The third-order valence-electron chi connectivity index (χ3n) is 3.11. The average molecular weight is 286 g/mol. The summed E-state index contributed by atoms with van der Waals surface area (Å²) in [5.41, 5.74) is 5.33. The van der Waals surface area contributed by atoms with Gasteiger partial charge in [0.2, 0.25) is 5.43 Å². The van der Waals surface area contributed by atoms with Crippen LogP contribution in [0, 0.1) is 0 Å². The highest BCUT2D eigenvalue weighted by atomic mass is 16.5. The predicted octanol–water partition coefficient (Wildman–Crippen LogP) is 1.63. The summed E-state index contributed by atoms with van der Waals surface area (Å²) in [6.45, 7) is 0. The summed E-state index contributed by atoms with van der Waals surface area (Å²) in [4.78, 5) is 27.3. The molecule has 3 rings (SSSR count). The Kier molecular flexibility index (Phi) is 2.76. The third kappa shape index (κ3) is 1.95. The van der Waals surface area contributed by atoms with Gasteiger partial charge in [-0.25, -0.2) is 9.78 Å². The lowest BCUT2D eigenvalue weighted by atomic mass is 10.1. The first kappa shape index (κ1) is 12.9. The second-order valence-corrected chi connectivity index (χ2v) is 4.37. The van der Waals surface area contributed by atoms with Crippen LogP contribution in [0.15, 0.2) is 33.5 Å². The molecule has 0 amide bonds. The van der Waals surface area contributed by atoms with Crippen LogP contribution in [0.5, 0.6) is 5.75 Å². The highest BCUT2D eigenvalue weighted by Crippen LogP contribution is 2.23. The Balaban J connectivity index is 2.44. The minimum atomic E-state index is -1.24. The molecule has 0 aliphatic carbocycles. The molecule has 0 radical (unpaired) electrons. The molecular formula is C14H10N2O5. The van der Waals surface area contributed by atoms with Crippen LogP contribution in [-0.4, -0.2) is 23.2 Å². The second kappa shape index (κ2) is 4.48. The number of hydrogen-bond acceptors (Lipinski definition) is 6. The molecular weight excluding hydrogens is 276 g/mol. The van der Waals surface area contributed by atoms with Gasteiger partial charge in [-0.1, -0.05) is 0 Å². The normalized spacial score (nSPS) is 10.9. The van der Waals surface area contributed by atoms with Crippen molar-refractivity contribution in [3.63, 3.8) is 0 Å². The van der Waals surface area contributed by atoms with Gasteiger partial charge in [0.05, 0.1) is 12.5 Å². The van der Waals surface area contributed by atoms with Crippen LogP contribution >= 0.6 is 0 Å². The Hall–Kier alpha value is -3.09. The van der Waals surface area contributed by atoms with Crippen molar-refractivity contribution in [1.29, 1.82) is 0 Å². The number of aromatic nitrogens is 1. The Morgan fingerprint density at radius 2 is 2.10 bits per heavy atom. The summed E-state index contributed by atoms with van der Waals surface area (Å²) in [7, 11) is 1.49. The molecule has 2 aromatic heterocycles. The van der Waals surface area contributed by atoms with Crippen LogP contribution in [0.1, 0.15) is 10.4 Å². The number of carboxylic acids is 1. The maximum absolute atomic E-state index is 12.4. The van der Waals surface area contributed by atoms with Crippen molar-refractivity contribution in [2.24, 2.45) is 0 Å². The number of fused-ring (bicyclic) bond motifs is 2. The van der Waals surface area contributed by atoms with Gasteiger partial charge in [0.15, 0.2) is 11.1 Å². The highest BCUT2D eigenvalue weighted by Gasteiger charge is 2.16. The molecule has 106 valence electrons. The zero-order valence-corrected chi connectivity index (χ0v) is 10.9. The largest absolute Gasteiger partial charge is 0.497 e. The van der Waals surface area contributed by atoms with E-state index in [2.05, 4.69) is 4.98 Å². The third-order valence-corrected chi connectivity index (χ3v) is 3.11. The van der Waals surface area contributed by atoms with Crippen molar-refractivity contribution in [2.75, 3.05) is 12.8 Å². The lowest BCUT2D eigenvalue weighted by molar-refractivity contribution is 0.0697. The zero-order valence-electron chi connectivity index (χ0n) is 10.9. The van der Waals surface area contributed by atoms with Crippen LogP contribution in [0.25, 0.3) is 22.1 Å². The van der Waals surface area contributed by atoms with Gasteiger partial charge in [0.1, 0.15) is 22.7 Å². The number of rotatable bonds is 2. The van der Waals surface area contributed by atoms with Crippen LogP contribution in [0.4, 0.5) is 5.82 Å². The number of anilines is 1. The zero-order chi connectivity index (χ0) is 15.1. The average Bonchev–Trinajstić information content (AvgIpc) is 2.47. The first-order valence-electron chi connectivity index (χ1n) is 5.95. The molecule has 0 atom stereocenters. The smallest absolute Gasteiger partial charge is 0.339 e. The van der Waals surface area contributed by atoms with E-state index in [4.69, 9.17) is 20.0 Å². The standard InChI is InChI=1S/C14H10N2O5/c1-20-6-2-3-9-7(4-6)12(17)11-10(21-9)5-8(14(18)19)13(15)16-11/h2-5H,1H3,(H2,15,16)(H,18,19). The van der Waals surface area contributed by atoms with Gasteiger partial charge >= 0.3 is 5.97 Å². The molecule has 1 aromatic carbocycles. The summed E-state index contributed by atoms with van der Waals surface area (Å²) < 4.78 is 10.6. The molecule has 0 spiro atoms. The minimum absolute atomic E-state index is 0.0155. The van der Waals surface area contributed by atoms with Crippen LogP contribution < -0.4 is 15.9 Å². The summed E-state index contributed by atoms with van der Waals surface area (Å²) in [5, 5.41) is 9.31. The number of aromatic carboxylic acids is 1. The SMILES string of the molecule is COc1ccc2oc3cc(C(=O)O)c(N)nc3c(=O)c2c1. The summed E-state index contributed by atoms with van der Waals surface area (Å²) >= 11 is 0. The molecule has 0 aliphatic rings. The van der Waals surface area contributed by atoms with Crippen LogP contribution in [-0.2, 0) is 0 Å². The number of benzene rings is 1. The number of nitrogen functional groups attached to an aromatic ring is 1. The molecule has 0 fully saturated rings. The summed E-state index contributed by atoms with van der Waals surface area (Å²) in [6.07, 6.45) is 0. The summed E-state index contributed by atoms with van der Waals surface area (Å²) in [6, 6.07) is 5.94. The van der Waals surface area contributed by atoms with Crippen molar-refractivity contribution < 1.29 is 19.1 Å². The van der Waals surface area contributed by atoms with E-state index in [9.17, 15) is 9.59 Å². The number of hydrogen-bond donors (Lipinski definition) is 2. The van der Waals surface area contributed by atoms with E-state index >= 15 is 0 Å². The molecule has 21 heavy (non-hydrogen) atoms. The second-order valence-electron chi connectivity index (χ2n) is 4.37. The minimum Gasteiger partial charge on any atom is -0.497 e. The van der Waals surface area contributed by atoms with Gasteiger partial charge in [-0.15, -0.1) is 0 Å². The Morgan fingerprint density at radius 3 is 2.76 bits per heavy atom. The molecule has 7 heteroatoms. The monoisotopic (exact) mass is 286 g/mol. The highest BCUT2D eigenvalue weighted by molar-refractivity contribution is 5.98. The number of ether oxygens (including phenoxy) is 1. The van der Waals surface area contributed by atoms with E-state index in [1.807, 2.05) is 0 Å². The van der Waals surface area contributed by atoms with E-state index in [0.29, 0.717) is 11.3 Å².